The maximum absolute atomic E-state index is 12.3. The van der Waals surface area contributed by atoms with E-state index in [4.69, 9.17) is 5.73 Å². The van der Waals surface area contributed by atoms with Crippen LogP contribution in [0.2, 0.25) is 0 Å². The first-order chi connectivity index (χ1) is 8.76. The van der Waals surface area contributed by atoms with Crippen LogP contribution in [0, 0.1) is 0 Å². The van der Waals surface area contributed by atoms with Gasteiger partial charge in [-0.3, -0.25) is 0 Å². The van der Waals surface area contributed by atoms with Gasteiger partial charge in [0.2, 0.25) is 10.0 Å². The molecule has 0 saturated carbocycles. The highest BCUT2D eigenvalue weighted by atomic mass is 79.9. The summed E-state index contributed by atoms with van der Waals surface area (Å²) < 4.78 is 27.8. The molecule has 0 aromatic heterocycles. The van der Waals surface area contributed by atoms with Gasteiger partial charge in [-0.05, 0) is 54.6 Å². The Bertz CT molecular complexity index is 532. The summed E-state index contributed by atoms with van der Waals surface area (Å²) in [5.74, 6) is 0. The molecule has 0 aliphatic rings. The highest BCUT2D eigenvalue weighted by Crippen LogP contribution is 2.23. The first kappa shape index (κ1) is 16.6. The Labute approximate surface area is 123 Å². The Balaban J connectivity index is 3.00. The molecular weight excluding hydrogens is 330 g/mol. The van der Waals surface area contributed by atoms with Gasteiger partial charge in [-0.15, -0.1) is 0 Å². The second-order valence-electron chi connectivity index (χ2n) is 4.75. The summed E-state index contributed by atoms with van der Waals surface area (Å²) in [7, 11) is 0.250. The van der Waals surface area contributed by atoms with Crippen molar-refractivity contribution in [3.8, 4) is 0 Å². The minimum atomic E-state index is -3.55. The number of likely N-dealkylation sites (N-methyl/N-ethyl adjacent to an activating group) is 1. The second-order valence-corrected chi connectivity index (χ2v) is 7.29. The van der Waals surface area contributed by atoms with Crippen LogP contribution < -0.4 is 10.5 Å². The predicted octanol–water partition coefficient (Wildman–Crippen LogP) is 1.14. The third kappa shape index (κ3) is 4.85. The van der Waals surface area contributed by atoms with Crippen LogP contribution >= 0.6 is 15.9 Å². The van der Waals surface area contributed by atoms with E-state index in [1.54, 1.807) is 18.2 Å². The minimum Gasteiger partial charge on any atom is -0.326 e. The number of hydrogen-bond donors (Lipinski definition) is 2. The Morgan fingerprint density at radius 2 is 2.05 bits per heavy atom. The van der Waals surface area contributed by atoms with Gasteiger partial charge in [-0.25, -0.2) is 13.1 Å². The molecule has 0 aliphatic carbocycles. The number of benzene rings is 1. The van der Waals surface area contributed by atoms with Crippen LogP contribution in [0.3, 0.4) is 0 Å². The number of rotatable bonds is 6. The van der Waals surface area contributed by atoms with Crippen molar-refractivity contribution in [2.24, 2.45) is 5.73 Å². The monoisotopic (exact) mass is 349 g/mol. The molecule has 0 spiro atoms. The van der Waals surface area contributed by atoms with E-state index in [-0.39, 0.29) is 10.9 Å². The van der Waals surface area contributed by atoms with Crippen molar-refractivity contribution in [1.29, 1.82) is 0 Å². The summed E-state index contributed by atoms with van der Waals surface area (Å²) in [6.45, 7) is 2.77. The Kier molecular flexibility index (Phi) is 5.94. The van der Waals surface area contributed by atoms with Crippen LogP contribution in [0.25, 0.3) is 0 Å². The molecule has 108 valence electrons. The molecule has 1 rings (SSSR count). The van der Waals surface area contributed by atoms with Gasteiger partial charge < -0.3 is 10.6 Å². The molecule has 3 N–H and O–H groups in total. The Hall–Kier alpha value is -0.470. The molecular formula is C12H20BrN3O2S. The SMILES string of the molecule is CC(CN(C)C)NS(=O)(=O)c1cc(CN)ccc1Br. The van der Waals surface area contributed by atoms with E-state index < -0.39 is 10.0 Å². The normalized spacial score (nSPS) is 13.8. The molecule has 19 heavy (non-hydrogen) atoms. The van der Waals surface area contributed by atoms with Crippen LogP contribution in [-0.4, -0.2) is 40.0 Å². The van der Waals surface area contributed by atoms with E-state index in [0.29, 0.717) is 17.6 Å². The lowest BCUT2D eigenvalue weighted by molar-refractivity contribution is 0.370. The van der Waals surface area contributed by atoms with Crippen molar-refractivity contribution in [3.05, 3.63) is 28.2 Å². The number of nitrogens with two attached hydrogens (primary N) is 1. The number of nitrogens with one attached hydrogen (secondary N) is 1. The zero-order valence-electron chi connectivity index (χ0n) is 11.4. The smallest absolute Gasteiger partial charge is 0.241 e. The van der Waals surface area contributed by atoms with E-state index in [0.717, 1.165) is 5.56 Å². The van der Waals surface area contributed by atoms with Gasteiger partial charge in [0.25, 0.3) is 0 Å². The van der Waals surface area contributed by atoms with E-state index in [2.05, 4.69) is 20.7 Å². The molecule has 0 amide bonds. The summed E-state index contributed by atoms with van der Waals surface area (Å²) in [4.78, 5) is 2.15. The summed E-state index contributed by atoms with van der Waals surface area (Å²) >= 11 is 3.27. The van der Waals surface area contributed by atoms with Crippen molar-refractivity contribution >= 4 is 26.0 Å². The quantitative estimate of drug-likeness (QED) is 0.807. The molecule has 0 radical (unpaired) electrons. The van der Waals surface area contributed by atoms with Crippen molar-refractivity contribution in [1.82, 2.24) is 9.62 Å². The molecule has 5 nitrogen and oxygen atoms in total. The van der Waals surface area contributed by atoms with Crippen molar-refractivity contribution in [2.45, 2.75) is 24.4 Å². The third-order valence-electron chi connectivity index (χ3n) is 2.52. The summed E-state index contributed by atoms with van der Waals surface area (Å²) in [6, 6.07) is 4.92. The zero-order valence-corrected chi connectivity index (χ0v) is 13.8. The number of nitrogens with zero attached hydrogens (tertiary/aromatic N) is 1. The topological polar surface area (TPSA) is 75.4 Å². The van der Waals surface area contributed by atoms with Crippen molar-refractivity contribution in [2.75, 3.05) is 20.6 Å². The average molecular weight is 350 g/mol. The first-order valence-electron chi connectivity index (χ1n) is 5.92. The lowest BCUT2D eigenvalue weighted by Gasteiger charge is -2.19. The molecule has 7 heteroatoms. The van der Waals surface area contributed by atoms with Gasteiger partial charge in [-0.1, -0.05) is 6.07 Å². The standard InChI is InChI=1S/C12H20BrN3O2S/c1-9(8-16(2)3)15-19(17,18)12-6-10(7-14)4-5-11(12)13/h4-6,9,15H,7-8,14H2,1-3H3. The molecule has 0 saturated heterocycles. The minimum absolute atomic E-state index is 0.173. The van der Waals surface area contributed by atoms with Crippen molar-refractivity contribution < 1.29 is 8.42 Å². The summed E-state index contributed by atoms with van der Waals surface area (Å²) in [5.41, 5.74) is 6.32. The average Bonchev–Trinajstić information content (AvgIpc) is 2.27. The zero-order chi connectivity index (χ0) is 14.6. The van der Waals surface area contributed by atoms with E-state index in [9.17, 15) is 8.42 Å². The molecule has 0 fully saturated rings. The molecule has 0 aliphatic heterocycles. The highest BCUT2D eigenvalue weighted by Gasteiger charge is 2.20. The fourth-order valence-corrected chi connectivity index (χ4v) is 4.04. The molecule has 1 unspecified atom stereocenters. The lowest BCUT2D eigenvalue weighted by atomic mass is 10.2. The third-order valence-corrected chi connectivity index (χ3v) is 5.10. The number of hydrogen-bond acceptors (Lipinski definition) is 4. The predicted molar refractivity (Wildman–Crippen MR) is 80.4 cm³/mol. The van der Waals surface area contributed by atoms with Gasteiger partial charge in [0.1, 0.15) is 0 Å². The highest BCUT2D eigenvalue weighted by molar-refractivity contribution is 9.10. The summed E-state index contributed by atoms with van der Waals surface area (Å²) in [6.07, 6.45) is 0. The van der Waals surface area contributed by atoms with Gasteiger partial charge in [0.15, 0.2) is 0 Å². The first-order valence-corrected chi connectivity index (χ1v) is 8.19. The van der Waals surface area contributed by atoms with Gasteiger partial charge in [0, 0.05) is 23.6 Å². The fourth-order valence-electron chi connectivity index (χ4n) is 1.79. The molecule has 1 atom stereocenters. The van der Waals surface area contributed by atoms with Crippen LogP contribution in [0.4, 0.5) is 0 Å². The van der Waals surface area contributed by atoms with Gasteiger partial charge in [0.05, 0.1) is 4.90 Å². The van der Waals surface area contributed by atoms with E-state index in [1.807, 2.05) is 25.9 Å². The lowest BCUT2D eigenvalue weighted by Crippen LogP contribution is -2.39. The van der Waals surface area contributed by atoms with Crippen molar-refractivity contribution in [3.63, 3.8) is 0 Å². The van der Waals surface area contributed by atoms with Gasteiger partial charge >= 0.3 is 0 Å². The number of sulfonamides is 1. The molecule has 1 aromatic carbocycles. The van der Waals surface area contributed by atoms with Gasteiger partial charge in [-0.2, -0.15) is 0 Å². The molecule has 1 aromatic rings. The molecule has 0 bridgehead atoms. The fraction of sp³-hybridized carbons (Fsp3) is 0.500. The van der Waals surface area contributed by atoms with Crippen LogP contribution in [0.15, 0.2) is 27.6 Å². The second kappa shape index (κ2) is 6.81. The summed E-state index contributed by atoms with van der Waals surface area (Å²) in [5, 5.41) is 0. The van der Waals surface area contributed by atoms with Crippen LogP contribution in [0.5, 0.6) is 0 Å². The maximum Gasteiger partial charge on any atom is 0.241 e. The maximum atomic E-state index is 12.3. The van der Waals surface area contributed by atoms with E-state index >= 15 is 0 Å². The number of halogens is 1. The Morgan fingerprint density at radius 1 is 1.42 bits per heavy atom. The van der Waals surface area contributed by atoms with Crippen LogP contribution in [0.1, 0.15) is 12.5 Å². The van der Waals surface area contributed by atoms with E-state index in [1.165, 1.54) is 0 Å². The van der Waals surface area contributed by atoms with Crippen LogP contribution in [-0.2, 0) is 16.6 Å². The largest absolute Gasteiger partial charge is 0.326 e. The Morgan fingerprint density at radius 3 is 2.58 bits per heavy atom. The molecule has 0 heterocycles.